The topological polar surface area (TPSA) is 46.9 Å². The molecule has 3 aromatic rings. The Morgan fingerprint density at radius 1 is 1.21 bits per heavy atom. The van der Waals surface area contributed by atoms with Crippen LogP contribution < -0.4 is 5.32 Å². The number of nitrogens with one attached hydrogen (secondary N) is 1. The third kappa shape index (κ3) is 3.46. The number of para-hydroxylation sites is 1. The summed E-state index contributed by atoms with van der Waals surface area (Å²) >= 11 is 3.59. The van der Waals surface area contributed by atoms with Crippen LogP contribution in [0, 0.1) is 9.39 Å². The summed E-state index contributed by atoms with van der Waals surface area (Å²) in [5, 5.41) is 3.56. The zero-order valence-electron chi connectivity index (χ0n) is 12.7. The molecule has 7 heteroatoms. The molecule has 1 aromatic heterocycles. The zero-order chi connectivity index (χ0) is 17.1. The summed E-state index contributed by atoms with van der Waals surface area (Å²) in [4.78, 5) is 17.0. The number of thioether (sulfide) groups is 1. The SMILES string of the molecule is CSc1ncc(C(=O)Nc2ccccc2I)n1-c1ccc(F)cc1. The fourth-order valence-corrected chi connectivity index (χ4v) is 3.29. The maximum absolute atomic E-state index is 13.2. The van der Waals surface area contributed by atoms with Crippen molar-refractivity contribution < 1.29 is 9.18 Å². The number of hydrogen-bond donors (Lipinski definition) is 1. The highest BCUT2D eigenvalue weighted by Gasteiger charge is 2.18. The molecule has 0 aliphatic carbocycles. The number of benzene rings is 2. The van der Waals surface area contributed by atoms with Crippen LogP contribution in [0.25, 0.3) is 5.69 Å². The van der Waals surface area contributed by atoms with Gasteiger partial charge >= 0.3 is 0 Å². The van der Waals surface area contributed by atoms with Crippen LogP contribution in [0.15, 0.2) is 59.9 Å². The van der Waals surface area contributed by atoms with Crippen LogP contribution in [0.2, 0.25) is 0 Å². The molecule has 0 aliphatic rings. The largest absolute Gasteiger partial charge is 0.320 e. The van der Waals surface area contributed by atoms with Gasteiger partial charge in [0.1, 0.15) is 11.5 Å². The van der Waals surface area contributed by atoms with Crippen molar-refractivity contribution in [2.75, 3.05) is 11.6 Å². The standard InChI is InChI=1S/C17H13FIN3OS/c1-24-17-20-10-15(22(17)12-8-6-11(18)7-9-12)16(23)21-14-5-3-2-4-13(14)19/h2-10H,1H3,(H,21,23). The minimum atomic E-state index is -0.325. The number of hydrogen-bond acceptors (Lipinski definition) is 3. The molecule has 1 amide bonds. The average Bonchev–Trinajstić information content (AvgIpc) is 3.02. The molecular weight excluding hydrogens is 440 g/mol. The quantitative estimate of drug-likeness (QED) is 0.465. The molecule has 2 aromatic carbocycles. The molecule has 4 nitrogen and oxygen atoms in total. The summed E-state index contributed by atoms with van der Waals surface area (Å²) < 4.78 is 15.9. The van der Waals surface area contributed by atoms with Gasteiger partial charge in [0.25, 0.3) is 5.91 Å². The fraction of sp³-hybridized carbons (Fsp3) is 0.0588. The third-order valence-corrected chi connectivity index (χ3v) is 4.95. The summed E-state index contributed by atoms with van der Waals surface area (Å²) in [5.41, 5.74) is 1.82. The molecule has 0 saturated heterocycles. The van der Waals surface area contributed by atoms with Gasteiger partial charge in [-0.1, -0.05) is 23.9 Å². The Kier molecular flexibility index (Phi) is 5.20. The van der Waals surface area contributed by atoms with Gasteiger partial charge in [-0.25, -0.2) is 9.37 Å². The third-order valence-electron chi connectivity index (χ3n) is 3.35. The van der Waals surface area contributed by atoms with Gasteiger partial charge in [-0.2, -0.15) is 0 Å². The Hall–Kier alpha value is -1.87. The van der Waals surface area contributed by atoms with Gasteiger partial charge in [-0.05, 0) is 65.2 Å². The summed E-state index contributed by atoms with van der Waals surface area (Å²) in [6.45, 7) is 0. The van der Waals surface area contributed by atoms with Crippen LogP contribution in [-0.2, 0) is 0 Å². The van der Waals surface area contributed by atoms with Crippen molar-refractivity contribution >= 4 is 45.9 Å². The Bertz CT molecular complexity index is 880. The van der Waals surface area contributed by atoms with E-state index in [1.807, 2.05) is 30.5 Å². The lowest BCUT2D eigenvalue weighted by atomic mass is 10.3. The molecule has 0 atom stereocenters. The monoisotopic (exact) mass is 453 g/mol. The Labute approximate surface area is 156 Å². The molecular formula is C17H13FIN3OS. The first-order chi connectivity index (χ1) is 11.6. The highest BCUT2D eigenvalue weighted by atomic mass is 127. The first-order valence-corrected chi connectivity index (χ1v) is 9.34. The van der Waals surface area contributed by atoms with E-state index in [1.165, 1.54) is 30.1 Å². The van der Waals surface area contributed by atoms with Gasteiger partial charge in [0.15, 0.2) is 5.16 Å². The highest BCUT2D eigenvalue weighted by Crippen LogP contribution is 2.24. The summed E-state index contributed by atoms with van der Waals surface area (Å²) in [6, 6.07) is 13.5. The predicted molar refractivity (Wildman–Crippen MR) is 102 cm³/mol. The Morgan fingerprint density at radius 2 is 1.92 bits per heavy atom. The van der Waals surface area contributed by atoms with E-state index in [1.54, 1.807) is 16.7 Å². The number of nitrogens with zero attached hydrogens (tertiary/aromatic N) is 2. The number of carbonyl (C=O) groups excluding carboxylic acids is 1. The Balaban J connectivity index is 1.99. The predicted octanol–water partition coefficient (Wildman–Crippen LogP) is 4.59. The lowest BCUT2D eigenvalue weighted by molar-refractivity contribution is 0.102. The second-order valence-electron chi connectivity index (χ2n) is 4.88. The highest BCUT2D eigenvalue weighted by molar-refractivity contribution is 14.1. The number of halogens is 2. The van der Waals surface area contributed by atoms with Gasteiger partial charge < -0.3 is 5.32 Å². The summed E-state index contributed by atoms with van der Waals surface area (Å²) in [7, 11) is 0. The van der Waals surface area contributed by atoms with Crippen LogP contribution in [0.4, 0.5) is 10.1 Å². The van der Waals surface area contributed by atoms with Crippen molar-refractivity contribution in [3.8, 4) is 5.69 Å². The zero-order valence-corrected chi connectivity index (χ0v) is 15.6. The number of imidazole rings is 1. The number of aromatic nitrogens is 2. The van der Waals surface area contributed by atoms with Gasteiger partial charge in [0.2, 0.25) is 0 Å². The fourth-order valence-electron chi connectivity index (χ4n) is 2.23. The van der Waals surface area contributed by atoms with E-state index in [0.29, 0.717) is 16.5 Å². The van der Waals surface area contributed by atoms with Crippen molar-refractivity contribution in [2.45, 2.75) is 5.16 Å². The smallest absolute Gasteiger partial charge is 0.274 e. The van der Waals surface area contributed by atoms with E-state index in [0.717, 1.165) is 9.26 Å². The van der Waals surface area contributed by atoms with Gasteiger partial charge in [0.05, 0.1) is 11.9 Å². The van der Waals surface area contributed by atoms with E-state index in [2.05, 4.69) is 32.9 Å². The van der Waals surface area contributed by atoms with Crippen molar-refractivity contribution in [1.82, 2.24) is 9.55 Å². The molecule has 0 radical (unpaired) electrons. The van der Waals surface area contributed by atoms with Crippen LogP contribution in [-0.4, -0.2) is 21.7 Å². The second-order valence-corrected chi connectivity index (χ2v) is 6.81. The van der Waals surface area contributed by atoms with Crippen molar-refractivity contribution in [3.05, 3.63) is 69.8 Å². The first-order valence-electron chi connectivity index (χ1n) is 7.03. The molecule has 1 N–H and O–H groups in total. The number of rotatable bonds is 4. The molecule has 0 aliphatic heterocycles. The normalized spacial score (nSPS) is 10.6. The van der Waals surface area contributed by atoms with Gasteiger partial charge in [0, 0.05) is 9.26 Å². The minimum Gasteiger partial charge on any atom is -0.320 e. The summed E-state index contributed by atoms with van der Waals surface area (Å²) in [6.07, 6.45) is 3.41. The van der Waals surface area contributed by atoms with Gasteiger partial charge in [-0.3, -0.25) is 9.36 Å². The van der Waals surface area contributed by atoms with Crippen LogP contribution in [0.5, 0.6) is 0 Å². The molecule has 0 fully saturated rings. The van der Waals surface area contributed by atoms with E-state index >= 15 is 0 Å². The number of carbonyl (C=O) groups is 1. The number of anilines is 1. The maximum Gasteiger partial charge on any atom is 0.274 e. The van der Waals surface area contributed by atoms with Crippen molar-refractivity contribution in [1.29, 1.82) is 0 Å². The van der Waals surface area contributed by atoms with Crippen LogP contribution >= 0.6 is 34.4 Å². The molecule has 0 spiro atoms. The Morgan fingerprint density at radius 3 is 2.58 bits per heavy atom. The average molecular weight is 453 g/mol. The number of amides is 1. The molecule has 1 heterocycles. The molecule has 0 unspecified atom stereocenters. The van der Waals surface area contributed by atoms with Crippen LogP contribution in [0.1, 0.15) is 10.5 Å². The van der Waals surface area contributed by atoms with E-state index in [9.17, 15) is 9.18 Å². The molecule has 3 rings (SSSR count). The molecule has 122 valence electrons. The van der Waals surface area contributed by atoms with Crippen LogP contribution in [0.3, 0.4) is 0 Å². The maximum atomic E-state index is 13.2. The second kappa shape index (κ2) is 7.35. The minimum absolute atomic E-state index is 0.267. The first kappa shape index (κ1) is 17.0. The molecule has 0 saturated carbocycles. The van der Waals surface area contributed by atoms with E-state index in [4.69, 9.17) is 0 Å². The lowest BCUT2D eigenvalue weighted by Gasteiger charge is -2.12. The van der Waals surface area contributed by atoms with E-state index < -0.39 is 0 Å². The molecule has 0 bridgehead atoms. The molecule has 24 heavy (non-hydrogen) atoms. The summed E-state index contributed by atoms with van der Waals surface area (Å²) in [5.74, 6) is -0.592. The lowest BCUT2D eigenvalue weighted by Crippen LogP contribution is -2.17. The van der Waals surface area contributed by atoms with Gasteiger partial charge in [-0.15, -0.1) is 0 Å². The van der Waals surface area contributed by atoms with Crippen molar-refractivity contribution in [2.24, 2.45) is 0 Å². The van der Waals surface area contributed by atoms with E-state index in [-0.39, 0.29) is 11.7 Å². The van der Waals surface area contributed by atoms with Crippen molar-refractivity contribution in [3.63, 3.8) is 0 Å².